The van der Waals surface area contributed by atoms with E-state index in [1.54, 1.807) is 12.1 Å². The SMILES string of the molecule is O=C1CCC(C(=O)Nc2cccc(O)c2)=NN1. The molecule has 17 heavy (non-hydrogen) atoms. The summed E-state index contributed by atoms with van der Waals surface area (Å²) in [5.41, 5.74) is 3.00. The van der Waals surface area contributed by atoms with Crippen molar-refractivity contribution in [1.29, 1.82) is 0 Å². The highest BCUT2D eigenvalue weighted by Gasteiger charge is 2.18. The van der Waals surface area contributed by atoms with Crippen LogP contribution in [0.4, 0.5) is 5.69 Å². The Morgan fingerprint density at radius 1 is 1.41 bits per heavy atom. The molecular formula is C11H11N3O3. The lowest BCUT2D eigenvalue weighted by Gasteiger charge is -2.11. The molecule has 2 amide bonds. The maximum Gasteiger partial charge on any atom is 0.271 e. The molecule has 1 heterocycles. The second kappa shape index (κ2) is 4.65. The van der Waals surface area contributed by atoms with Crippen molar-refractivity contribution in [2.75, 3.05) is 5.32 Å². The molecule has 0 bridgehead atoms. The second-order valence-corrected chi connectivity index (χ2v) is 3.60. The lowest BCUT2D eigenvalue weighted by atomic mass is 10.1. The smallest absolute Gasteiger partial charge is 0.271 e. The monoisotopic (exact) mass is 233 g/mol. The van der Waals surface area contributed by atoms with Gasteiger partial charge in [-0.1, -0.05) is 6.07 Å². The lowest BCUT2D eigenvalue weighted by molar-refractivity contribution is -0.121. The van der Waals surface area contributed by atoms with E-state index >= 15 is 0 Å². The van der Waals surface area contributed by atoms with Gasteiger partial charge in [-0.15, -0.1) is 0 Å². The molecule has 0 radical (unpaired) electrons. The molecule has 3 N–H and O–H groups in total. The number of nitrogens with zero attached hydrogens (tertiary/aromatic N) is 1. The Morgan fingerprint density at radius 2 is 2.24 bits per heavy atom. The van der Waals surface area contributed by atoms with Gasteiger partial charge < -0.3 is 10.4 Å². The van der Waals surface area contributed by atoms with Crippen molar-refractivity contribution >= 4 is 23.2 Å². The molecule has 0 unspecified atom stereocenters. The molecule has 0 fully saturated rings. The van der Waals surface area contributed by atoms with Crippen LogP contribution in [0.5, 0.6) is 5.75 Å². The number of carbonyl (C=O) groups excluding carboxylic acids is 2. The van der Waals surface area contributed by atoms with E-state index < -0.39 is 0 Å². The van der Waals surface area contributed by atoms with Crippen LogP contribution in [-0.2, 0) is 9.59 Å². The fourth-order valence-corrected chi connectivity index (χ4v) is 1.42. The van der Waals surface area contributed by atoms with Crippen molar-refractivity contribution in [3.05, 3.63) is 24.3 Å². The van der Waals surface area contributed by atoms with Crippen molar-refractivity contribution < 1.29 is 14.7 Å². The molecule has 6 nitrogen and oxygen atoms in total. The summed E-state index contributed by atoms with van der Waals surface area (Å²) in [6.45, 7) is 0. The fourth-order valence-electron chi connectivity index (χ4n) is 1.42. The van der Waals surface area contributed by atoms with Crippen molar-refractivity contribution in [1.82, 2.24) is 5.43 Å². The molecule has 88 valence electrons. The summed E-state index contributed by atoms with van der Waals surface area (Å²) in [5, 5.41) is 15.5. The maximum absolute atomic E-state index is 11.7. The minimum Gasteiger partial charge on any atom is -0.508 e. The zero-order valence-corrected chi connectivity index (χ0v) is 8.93. The number of aromatic hydroxyl groups is 1. The normalized spacial score (nSPS) is 14.8. The van der Waals surface area contributed by atoms with E-state index in [0.717, 1.165) is 0 Å². The van der Waals surface area contributed by atoms with Gasteiger partial charge in [0.1, 0.15) is 11.5 Å². The average Bonchev–Trinajstić information content (AvgIpc) is 2.29. The summed E-state index contributed by atoms with van der Waals surface area (Å²) in [7, 11) is 0. The molecular weight excluding hydrogens is 222 g/mol. The molecule has 0 atom stereocenters. The van der Waals surface area contributed by atoms with Gasteiger partial charge in [0.2, 0.25) is 5.91 Å². The van der Waals surface area contributed by atoms with E-state index in [-0.39, 0.29) is 29.7 Å². The first-order chi connectivity index (χ1) is 8.15. The number of hydrazone groups is 1. The zero-order chi connectivity index (χ0) is 12.3. The van der Waals surface area contributed by atoms with Crippen LogP contribution in [0.1, 0.15) is 12.8 Å². The number of benzene rings is 1. The standard InChI is InChI=1S/C11H11N3O3/c15-8-3-1-2-7(6-8)12-11(17)9-4-5-10(16)14-13-9/h1-3,6,15H,4-5H2,(H,12,17)(H,14,16). The van der Waals surface area contributed by atoms with Crippen molar-refractivity contribution in [2.24, 2.45) is 5.10 Å². The molecule has 1 aromatic rings. The minimum atomic E-state index is -0.379. The number of phenolic OH excluding ortho intramolecular Hbond substituents is 1. The Kier molecular flexibility index (Phi) is 3.04. The summed E-state index contributed by atoms with van der Waals surface area (Å²) in [4.78, 5) is 22.6. The van der Waals surface area contributed by atoms with Gasteiger partial charge in [-0.2, -0.15) is 5.10 Å². The van der Waals surface area contributed by atoms with Crippen LogP contribution in [0.25, 0.3) is 0 Å². The first kappa shape index (κ1) is 11.1. The molecule has 1 aliphatic rings. The third-order valence-electron chi connectivity index (χ3n) is 2.27. The zero-order valence-electron chi connectivity index (χ0n) is 8.93. The van der Waals surface area contributed by atoms with Crippen LogP contribution >= 0.6 is 0 Å². The molecule has 0 saturated carbocycles. The number of rotatable bonds is 2. The molecule has 1 aliphatic heterocycles. The van der Waals surface area contributed by atoms with Crippen LogP contribution in [0.2, 0.25) is 0 Å². The third-order valence-corrected chi connectivity index (χ3v) is 2.27. The van der Waals surface area contributed by atoms with Gasteiger partial charge in [0.05, 0.1) is 0 Å². The van der Waals surface area contributed by atoms with Gasteiger partial charge in [-0.05, 0) is 12.1 Å². The summed E-state index contributed by atoms with van der Waals surface area (Å²) in [6.07, 6.45) is 0.572. The van der Waals surface area contributed by atoms with Gasteiger partial charge in [0.15, 0.2) is 0 Å². The van der Waals surface area contributed by atoms with Crippen molar-refractivity contribution in [2.45, 2.75) is 12.8 Å². The predicted octanol–water partition coefficient (Wildman–Crippen LogP) is 0.597. The second-order valence-electron chi connectivity index (χ2n) is 3.60. The first-order valence-electron chi connectivity index (χ1n) is 5.11. The van der Waals surface area contributed by atoms with E-state index in [4.69, 9.17) is 0 Å². The highest BCUT2D eigenvalue weighted by atomic mass is 16.3. The molecule has 0 spiro atoms. The van der Waals surface area contributed by atoms with E-state index in [9.17, 15) is 14.7 Å². The number of hydrogen-bond acceptors (Lipinski definition) is 4. The Bertz CT molecular complexity index is 496. The van der Waals surface area contributed by atoms with Crippen LogP contribution in [0, 0.1) is 0 Å². The van der Waals surface area contributed by atoms with Gasteiger partial charge in [-0.25, -0.2) is 5.43 Å². The molecule has 1 aromatic carbocycles. The number of nitrogens with one attached hydrogen (secondary N) is 2. The lowest BCUT2D eigenvalue weighted by Crippen LogP contribution is -2.32. The molecule has 0 aliphatic carbocycles. The van der Waals surface area contributed by atoms with Gasteiger partial charge in [0.25, 0.3) is 5.91 Å². The Labute approximate surface area is 97.3 Å². The summed E-state index contributed by atoms with van der Waals surface area (Å²) < 4.78 is 0. The van der Waals surface area contributed by atoms with Crippen molar-refractivity contribution in [3.63, 3.8) is 0 Å². The first-order valence-corrected chi connectivity index (χ1v) is 5.11. The van der Waals surface area contributed by atoms with E-state index in [2.05, 4.69) is 15.8 Å². The highest BCUT2D eigenvalue weighted by molar-refractivity contribution is 6.43. The minimum absolute atomic E-state index is 0.0710. The number of phenols is 1. The van der Waals surface area contributed by atoms with Crippen LogP contribution in [-0.4, -0.2) is 22.6 Å². The predicted molar refractivity (Wildman–Crippen MR) is 61.5 cm³/mol. The molecule has 6 heteroatoms. The number of hydrogen-bond donors (Lipinski definition) is 3. The average molecular weight is 233 g/mol. The fraction of sp³-hybridized carbons (Fsp3) is 0.182. The summed E-state index contributed by atoms with van der Waals surface area (Å²) in [6, 6.07) is 6.21. The van der Waals surface area contributed by atoms with E-state index in [1.807, 2.05) is 0 Å². The number of anilines is 1. The number of amides is 2. The van der Waals surface area contributed by atoms with E-state index in [0.29, 0.717) is 12.1 Å². The van der Waals surface area contributed by atoms with Gasteiger partial charge in [-0.3, -0.25) is 9.59 Å². The Morgan fingerprint density at radius 3 is 2.88 bits per heavy atom. The Hall–Kier alpha value is -2.37. The molecule has 0 saturated heterocycles. The third kappa shape index (κ3) is 2.81. The van der Waals surface area contributed by atoms with Gasteiger partial charge >= 0.3 is 0 Å². The van der Waals surface area contributed by atoms with Gasteiger partial charge in [0, 0.05) is 24.6 Å². The van der Waals surface area contributed by atoms with Crippen molar-refractivity contribution in [3.8, 4) is 5.75 Å². The van der Waals surface area contributed by atoms with Crippen LogP contribution < -0.4 is 10.7 Å². The number of carbonyl (C=O) groups is 2. The topological polar surface area (TPSA) is 90.8 Å². The van der Waals surface area contributed by atoms with Crippen LogP contribution in [0.15, 0.2) is 29.4 Å². The summed E-state index contributed by atoms with van der Waals surface area (Å²) in [5.74, 6) is -0.504. The molecule has 2 rings (SSSR count). The van der Waals surface area contributed by atoms with Crippen LogP contribution in [0.3, 0.4) is 0 Å². The quantitative estimate of drug-likeness (QED) is 0.698. The molecule has 0 aromatic heterocycles. The Balaban J connectivity index is 2.04. The maximum atomic E-state index is 11.7. The highest BCUT2D eigenvalue weighted by Crippen LogP contribution is 2.15. The summed E-state index contributed by atoms with van der Waals surface area (Å²) >= 11 is 0. The van der Waals surface area contributed by atoms with E-state index in [1.165, 1.54) is 12.1 Å². The largest absolute Gasteiger partial charge is 0.508 e.